The lowest BCUT2D eigenvalue weighted by atomic mass is 9.82. The van der Waals surface area contributed by atoms with E-state index in [0.29, 0.717) is 0 Å². The number of nitrogens with zero attached hydrogens (tertiary/aromatic N) is 1. The predicted molar refractivity (Wildman–Crippen MR) is 71.4 cm³/mol. The number of amides is 1. The van der Waals surface area contributed by atoms with Crippen LogP contribution in [0.1, 0.15) is 52.9 Å². The molecule has 0 bridgehead atoms. The molecule has 18 heavy (non-hydrogen) atoms. The molecule has 0 radical (unpaired) electrons. The van der Waals surface area contributed by atoms with Crippen molar-refractivity contribution < 1.29 is 10.0 Å². The minimum Gasteiger partial charge on any atom is -0.409 e. The molecule has 0 saturated heterocycles. The Morgan fingerprint density at radius 2 is 2.00 bits per heavy atom. The number of carbonyl (C=O) groups excluding carboxylic acids is 1. The third-order valence-corrected chi connectivity index (χ3v) is 4.11. The van der Waals surface area contributed by atoms with E-state index in [1.165, 1.54) is 0 Å². The molecule has 0 aromatic carbocycles. The molecule has 1 fully saturated rings. The first-order valence-corrected chi connectivity index (χ1v) is 6.75. The third-order valence-electron chi connectivity index (χ3n) is 4.11. The van der Waals surface area contributed by atoms with Crippen LogP contribution in [0, 0.1) is 11.3 Å². The van der Waals surface area contributed by atoms with Crippen LogP contribution in [-0.2, 0) is 4.79 Å². The van der Waals surface area contributed by atoms with Crippen LogP contribution in [0.15, 0.2) is 5.16 Å². The van der Waals surface area contributed by atoms with Crippen molar-refractivity contribution in [3.63, 3.8) is 0 Å². The van der Waals surface area contributed by atoms with Gasteiger partial charge in [-0.05, 0) is 25.2 Å². The summed E-state index contributed by atoms with van der Waals surface area (Å²) in [5.74, 6) is 0.218. The normalized spacial score (nSPS) is 21.0. The molecule has 0 aliphatic heterocycles. The van der Waals surface area contributed by atoms with E-state index in [2.05, 4.69) is 17.4 Å². The summed E-state index contributed by atoms with van der Waals surface area (Å²) in [7, 11) is 0. The largest absolute Gasteiger partial charge is 0.409 e. The van der Waals surface area contributed by atoms with Gasteiger partial charge in [0.15, 0.2) is 5.84 Å². The van der Waals surface area contributed by atoms with Crippen LogP contribution in [0.3, 0.4) is 0 Å². The molecular weight excluding hydrogens is 230 g/mol. The quantitative estimate of drug-likeness (QED) is 0.303. The fourth-order valence-corrected chi connectivity index (χ4v) is 2.73. The Hall–Kier alpha value is -1.26. The molecule has 5 nitrogen and oxygen atoms in total. The van der Waals surface area contributed by atoms with E-state index >= 15 is 0 Å². The number of amidine groups is 1. The van der Waals surface area contributed by atoms with Crippen molar-refractivity contribution in [3.8, 4) is 0 Å². The fourth-order valence-electron chi connectivity index (χ4n) is 2.73. The van der Waals surface area contributed by atoms with E-state index in [1.807, 2.05) is 13.8 Å². The summed E-state index contributed by atoms with van der Waals surface area (Å²) < 4.78 is 0. The van der Waals surface area contributed by atoms with Gasteiger partial charge in [-0.25, -0.2) is 0 Å². The highest BCUT2D eigenvalue weighted by molar-refractivity contribution is 5.92. The van der Waals surface area contributed by atoms with Gasteiger partial charge < -0.3 is 16.3 Å². The van der Waals surface area contributed by atoms with Crippen molar-refractivity contribution >= 4 is 11.7 Å². The number of hydrogen-bond donors (Lipinski definition) is 3. The Balaban J connectivity index is 2.78. The van der Waals surface area contributed by atoms with Crippen LogP contribution in [0.5, 0.6) is 0 Å². The van der Waals surface area contributed by atoms with Gasteiger partial charge in [-0.1, -0.05) is 38.8 Å². The average Bonchev–Trinajstić information content (AvgIpc) is 2.84. The van der Waals surface area contributed by atoms with Crippen LogP contribution >= 0.6 is 0 Å². The summed E-state index contributed by atoms with van der Waals surface area (Å²) in [6.45, 7) is 5.94. The van der Waals surface area contributed by atoms with Crippen molar-refractivity contribution in [2.45, 2.75) is 58.9 Å². The number of rotatable bonds is 5. The van der Waals surface area contributed by atoms with Gasteiger partial charge in [0.05, 0.1) is 6.04 Å². The molecule has 104 valence electrons. The molecule has 1 saturated carbocycles. The minimum atomic E-state index is -0.397. The Labute approximate surface area is 109 Å². The Morgan fingerprint density at radius 3 is 2.39 bits per heavy atom. The molecule has 1 amide bonds. The number of oxime groups is 1. The molecule has 1 aliphatic carbocycles. The summed E-state index contributed by atoms with van der Waals surface area (Å²) in [4.78, 5) is 12.4. The summed E-state index contributed by atoms with van der Waals surface area (Å²) in [6.07, 6.45) is 4.95. The van der Waals surface area contributed by atoms with Crippen LogP contribution in [0.25, 0.3) is 0 Å². The number of nitrogens with one attached hydrogen (secondary N) is 1. The second-order valence-electron chi connectivity index (χ2n) is 5.56. The highest BCUT2D eigenvalue weighted by Gasteiger charge is 2.40. The van der Waals surface area contributed by atoms with Gasteiger partial charge >= 0.3 is 0 Å². The van der Waals surface area contributed by atoms with Crippen LogP contribution in [0.4, 0.5) is 0 Å². The maximum absolute atomic E-state index is 12.4. The van der Waals surface area contributed by atoms with Crippen molar-refractivity contribution in [2.75, 3.05) is 0 Å². The molecule has 0 aromatic heterocycles. The van der Waals surface area contributed by atoms with Gasteiger partial charge in [0.1, 0.15) is 0 Å². The lowest BCUT2D eigenvalue weighted by molar-refractivity contribution is -0.131. The second-order valence-corrected chi connectivity index (χ2v) is 5.56. The highest BCUT2D eigenvalue weighted by atomic mass is 16.4. The van der Waals surface area contributed by atoms with Gasteiger partial charge in [0.25, 0.3) is 0 Å². The van der Waals surface area contributed by atoms with Crippen LogP contribution < -0.4 is 11.1 Å². The first-order chi connectivity index (χ1) is 8.46. The lowest BCUT2D eigenvalue weighted by Crippen LogP contribution is -2.52. The molecule has 1 unspecified atom stereocenters. The number of hydrogen-bond acceptors (Lipinski definition) is 3. The molecule has 1 aliphatic rings. The molecular formula is C13H25N3O2. The third kappa shape index (κ3) is 2.94. The van der Waals surface area contributed by atoms with Crippen molar-refractivity contribution in [2.24, 2.45) is 22.2 Å². The molecule has 0 aromatic rings. The molecule has 5 heteroatoms. The van der Waals surface area contributed by atoms with Crippen LogP contribution in [0.2, 0.25) is 0 Å². The van der Waals surface area contributed by atoms with E-state index in [0.717, 1.165) is 32.1 Å². The first kappa shape index (κ1) is 14.8. The first-order valence-electron chi connectivity index (χ1n) is 6.75. The average molecular weight is 255 g/mol. The van der Waals surface area contributed by atoms with Crippen molar-refractivity contribution in [1.82, 2.24) is 5.32 Å². The Kier molecular flexibility index (Phi) is 4.99. The molecule has 1 rings (SSSR count). The fraction of sp³-hybridized carbons (Fsp3) is 0.846. The number of carbonyl (C=O) groups is 1. The van der Waals surface area contributed by atoms with E-state index < -0.39 is 6.04 Å². The van der Waals surface area contributed by atoms with E-state index in [4.69, 9.17) is 10.9 Å². The number of nitrogens with two attached hydrogens (primary N) is 1. The topological polar surface area (TPSA) is 87.7 Å². The lowest BCUT2D eigenvalue weighted by Gasteiger charge is -2.30. The maximum Gasteiger partial charge on any atom is 0.226 e. The van der Waals surface area contributed by atoms with Gasteiger partial charge in [0, 0.05) is 5.41 Å². The summed E-state index contributed by atoms with van der Waals surface area (Å²) in [6, 6.07) is -0.397. The van der Waals surface area contributed by atoms with Gasteiger partial charge in [0.2, 0.25) is 5.91 Å². The zero-order valence-corrected chi connectivity index (χ0v) is 11.6. The Bertz CT molecular complexity index is 320. The minimum absolute atomic E-state index is 0.0489. The van der Waals surface area contributed by atoms with Gasteiger partial charge in [-0.15, -0.1) is 0 Å². The summed E-state index contributed by atoms with van der Waals surface area (Å²) in [5, 5.41) is 14.7. The smallest absolute Gasteiger partial charge is 0.226 e. The Morgan fingerprint density at radius 1 is 1.44 bits per heavy atom. The van der Waals surface area contributed by atoms with Crippen molar-refractivity contribution in [3.05, 3.63) is 0 Å². The molecule has 4 N–H and O–H groups in total. The maximum atomic E-state index is 12.4. The van der Waals surface area contributed by atoms with Gasteiger partial charge in [-0.3, -0.25) is 4.79 Å². The summed E-state index contributed by atoms with van der Waals surface area (Å²) >= 11 is 0. The van der Waals surface area contributed by atoms with E-state index in [9.17, 15) is 4.79 Å². The van der Waals surface area contributed by atoms with E-state index in [-0.39, 0.29) is 23.1 Å². The van der Waals surface area contributed by atoms with Crippen molar-refractivity contribution in [1.29, 1.82) is 0 Å². The SMILES string of the molecule is CCC1(C(=O)NC(C(N)=NO)C(C)C)CCCC1. The standard InChI is InChI=1S/C13H25N3O2/c1-4-13(7-5-6-8-13)12(17)15-10(9(2)3)11(14)16-18/h9-10,18H,4-8H2,1-3H3,(H2,14,16)(H,15,17). The molecule has 0 heterocycles. The van der Waals surface area contributed by atoms with Crippen LogP contribution in [-0.4, -0.2) is 23.0 Å². The second kappa shape index (κ2) is 6.07. The highest BCUT2D eigenvalue weighted by Crippen LogP contribution is 2.41. The van der Waals surface area contributed by atoms with E-state index in [1.54, 1.807) is 0 Å². The zero-order chi connectivity index (χ0) is 13.8. The molecule has 0 spiro atoms. The molecule has 1 atom stereocenters. The predicted octanol–water partition coefficient (Wildman–Crippen LogP) is 1.84. The van der Waals surface area contributed by atoms with Gasteiger partial charge in [-0.2, -0.15) is 0 Å². The zero-order valence-electron chi connectivity index (χ0n) is 11.6. The monoisotopic (exact) mass is 255 g/mol. The summed E-state index contributed by atoms with van der Waals surface area (Å²) in [5.41, 5.74) is 5.39.